The summed E-state index contributed by atoms with van der Waals surface area (Å²) in [5.74, 6) is -0.0888. The van der Waals surface area contributed by atoms with E-state index in [2.05, 4.69) is 18.4 Å². The largest absolute Gasteiger partial charge is 0.398 e. The molecule has 0 saturated heterocycles. The highest BCUT2D eigenvalue weighted by atomic mass is 28.3. The van der Waals surface area contributed by atoms with Crippen LogP contribution in [0.4, 0.5) is 0 Å². The van der Waals surface area contributed by atoms with Gasteiger partial charge in [-0.3, -0.25) is 4.79 Å². The molecule has 0 bridgehead atoms. The van der Waals surface area contributed by atoms with Gasteiger partial charge in [-0.1, -0.05) is 6.58 Å². The fourth-order valence-corrected chi connectivity index (χ4v) is 2.86. The lowest BCUT2D eigenvalue weighted by Crippen LogP contribution is -2.28. The summed E-state index contributed by atoms with van der Waals surface area (Å²) in [6, 6.07) is 0.977. The Balaban J connectivity index is 3.68. The second kappa shape index (κ2) is 13.9. The van der Waals surface area contributed by atoms with Crippen LogP contribution in [-0.2, 0) is 23.4 Å². The van der Waals surface area contributed by atoms with Crippen LogP contribution >= 0.6 is 0 Å². The Hall–Kier alpha value is -0.733. The number of carbonyl (C=O) groups is 1. The predicted octanol–water partition coefficient (Wildman–Crippen LogP) is 1.81. The van der Waals surface area contributed by atoms with Gasteiger partial charge in [0.15, 0.2) is 15.3 Å². The molecule has 0 heterocycles. The van der Waals surface area contributed by atoms with Crippen molar-refractivity contribution in [3.8, 4) is 0 Å². The molecule has 130 valence electrons. The predicted molar refractivity (Wildman–Crippen MR) is 89.2 cm³/mol. The third-order valence-electron chi connectivity index (χ3n) is 2.88. The Morgan fingerprint density at radius 1 is 1.27 bits per heavy atom. The van der Waals surface area contributed by atoms with Crippen molar-refractivity contribution in [1.82, 2.24) is 5.32 Å². The van der Waals surface area contributed by atoms with E-state index in [0.717, 1.165) is 12.5 Å². The Morgan fingerprint density at radius 2 is 2.00 bits per heavy atom. The lowest BCUT2D eigenvalue weighted by Gasteiger charge is -2.19. The van der Waals surface area contributed by atoms with Crippen molar-refractivity contribution in [2.24, 2.45) is 0 Å². The van der Waals surface area contributed by atoms with E-state index < -0.39 is 9.04 Å². The van der Waals surface area contributed by atoms with Gasteiger partial charge in [0.25, 0.3) is 0 Å². The van der Waals surface area contributed by atoms with Crippen LogP contribution in [0, 0.1) is 0 Å². The van der Waals surface area contributed by atoms with Crippen LogP contribution in [0.2, 0.25) is 12.6 Å². The van der Waals surface area contributed by atoms with E-state index in [-0.39, 0.29) is 19.0 Å². The zero-order valence-electron chi connectivity index (χ0n) is 14.4. The minimum Gasteiger partial charge on any atom is -0.398 e. The van der Waals surface area contributed by atoms with Crippen LogP contribution in [-0.4, -0.2) is 54.4 Å². The Bertz CT molecular complexity index is 314. The molecular formula is C15H31NO5Si. The van der Waals surface area contributed by atoms with Gasteiger partial charge >= 0.3 is 0 Å². The number of amides is 1. The lowest BCUT2D eigenvalue weighted by atomic mass is 10.3. The minimum absolute atomic E-state index is 0.0888. The summed E-state index contributed by atoms with van der Waals surface area (Å²) in [7, 11) is -1.29. The van der Waals surface area contributed by atoms with Crippen molar-refractivity contribution in [2.75, 3.05) is 33.2 Å². The van der Waals surface area contributed by atoms with E-state index in [4.69, 9.17) is 18.6 Å². The van der Waals surface area contributed by atoms with Gasteiger partial charge in [-0.2, -0.15) is 0 Å². The maximum Gasteiger partial charge on any atom is 0.246 e. The fourth-order valence-electron chi connectivity index (χ4n) is 1.60. The molecule has 0 aliphatic heterocycles. The van der Waals surface area contributed by atoms with Gasteiger partial charge in [-0.15, -0.1) is 0 Å². The van der Waals surface area contributed by atoms with Crippen molar-refractivity contribution in [3.05, 3.63) is 12.2 Å². The average molecular weight is 334 g/mol. The molecule has 0 aliphatic rings. The van der Waals surface area contributed by atoms with Gasteiger partial charge in [0.2, 0.25) is 5.91 Å². The summed E-state index contributed by atoms with van der Waals surface area (Å²) in [5, 5.41) is 2.81. The molecule has 6 nitrogen and oxygen atoms in total. The first-order valence-corrected chi connectivity index (χ1v) is 10.3. The molecule has 2 unspecified atom stereocenters. The molecule has 0 fully saturated rings. The normalized spacial score (nSPS) is 13.6. The van der Waals surface area contributed by atoms with E-state index in [0.29, 0.717) is 31.9 Å². The van der Waals surface area contributed by atoms with E-state index in [9.17, 15) is 4.79 Å². The van der Waals surface area contributed by atoms with E-state index in [1.54, 1.807) is 6.92 Å². The van der Waals surface area contributed by atoms with E-state index in [1.807, 2.05) is 13.8 Å². The smallest absolute Gasteiger partial charge is 0.246 e. The Labute approximate surface area is 135 Å². The van der Waals surface area contributed by atoms with Crippen molar-refractivity contribution < 1.29 is 23.4 Å². The highest BCUT2D eigenvalue weighted by Gasteiger charge is 2.11. The molecule has 0 spiro atoms. The molecule has 0 aromatic carbocycles. The number of ether oxygens (including phenoxy) is 3. The van der Waals surface area contributed by atoms with Crippen LogP contribution in [0.1, 0.15) is 27.2 Å². The lowest BCUT2D eigenvalue weighted by molar-refractivity contribution is -0.196. The highest BCUT2D eigenvalue weighted by molar-refractivity contribution is 6.50. The molecular weight excluding hydrogens is 302 g/mol. The summed E-state index contributed by atoms with van der Waals surface area (Å²) in [6.07, 6.45) is 0.529. The van der Waals surface area contributed by atoms with Crippen molar-refractivity contribution >= 4 is 14.9 Å². The van der Waals surface area contributed by atoms with Gasteiger partial charge in [-0.05, 0) is 39.8 Å². The second-order valence-corrected chi connectivity index (χ2v) is 7.52. The molecule has 0 radical (unpaired) electrons. The highest BCUT2D eigenvalue weighted by Crippen LogP contribution is 2.02. The van der Waals surface area contributed by atoms with Crippen LogP contribution in [0.15, 0.2) is 12.2 Å². The molecule has 0 saturated carbocycles. The minimum atomic E-state index is -1.29. The Morgan fingerprint density at radius 3 is 2.59 bits per heavy atom. The summed E-state index contributed by atoms with van der Waals surface area (Å²) in [4.78, 5) is 11.3. The Kier molecular flexibility index (Phi) is 13.4. The molecule has 0 aliphatic carbocycles. The standard InChI is InChI=1S/C15H31NO5Si/c1-6-18-11-14(19-7-2)20-12-21-22(5)10-8-9-16-15(17)13(3)4/h14,22H,3,6-12H2,1-2,4-5H3,(H,16,17). The SMILES string of the molecule is C=C(C)C(=O)NCCC[SiH](C)OCOC(COCC)OCC. The van der Waals surface area contributed by atoms with Crippen molar-refractivity contribution in [2.45, 2.75) is 46.1 Å². The summed E-state index contributed by atoms with van der Waals surface area (Å²) in [6.45, 7) is 13.8. The van der Waals surface area contributed by atoms with Crippen molar-refractivity contribution in [1.29, 1.82) is 0 Å². The average Bonchev–Trinajstić information content (AvgIpc) is 2.48. The number of carbonyl (C=O) groups excluding carboxylic acids is 1. The third kappa shape index (κ3) is 11.9. The summed E-state index contributed by atoms with van der Waals surface area (Å²) in [5.41, 5.74) is 0.534. The van der Waals surface area contributed by atoms with Gasteiger partial charge in [0, 0.05) is 25.3 Å². The molecule has 22 heavy (non-hydrogen) atoms. The molecule has 7 heteroatoms. The van der Waals surface area contributed by atoms with Crippen LogP contribution in [0.3, 0.4) is 0 Å². The van der Waals surface area contributed by atoms with Crippen LogP contribution in [0.5, 0.6) is 0 Å². The molecule has 0 rings (SSSR count). The maximum atomic E-state index is 11.3. The third-order valence-corrected chi connectivity index (χ3v) is 4.80. The molecule has 2 atom stereocenters. The van der Waals surface area contributed by atoms with Crippen molar-refractivity contribution in [3.63, 3.8) is 0 Å². The van der Waals surface area contributed by atoms with Gasteiger partial charge < -0.3 is 24.0 Å². The van der Waals surface area contributed by atoms with Crippen LogP contribution in [0.25, 0.3) is 0 Å². The van der Waals surface area contributed by atoms with Gasteiger partial charge in [0.1, 0.15) is 6.79 Å². The summed E-state index contributed by atoms with van der Waals surface area (Å²) < 4.78 is 21.9. The zero-order chi connectivity index (χ0) is 16.8. The van der Waals surface area contributed by atoms with E-state index >= 15 is 0 Å². The maximum absolute atomic E-state index is 11.3. The molecule has 0 aromatic rings. The first-order valence-electron chi connectivity index (χ1n) is 7.87. The number of hydrogen-bond donors (Lipinski definition) is 1. The summed E-state index contributed by atoms with van der Waals surface area (Å²) >= 11 is 0. The topological polar surface area (TPSA) is 66.0 Å². The molecule has 1 amide bonds. The monoisotopic (exact) mass is 333 g/mol. The van der Waals surface area contributed by atoms with E-state index in [1.165, 1.54) is 0 Å². The molecule has 0 aromatic heterocycles. The second-order valence-electron chi connectivity index (χ2n) is 4.98. The number of nitrogens with one attached hydrogen (secondary N) is 1. The van der Waals surface area contributed by atoms with Gasteiger partial charge in [0.05, 0.1) is 6.61 Å². The zero-order valence-corrected chi connectivity index (χ0v) is 15.5. The quantitative estimate of drug-likeness (QED) is 0.227. The molecule has 1 N–H and O–H groups in total. The van der Waals surface area contributed by atoms with Gasteiger partial charge in [-0.25, -0.2) is 0 Å². The fraction of sp³-hybridized carbons (Fsp3) is 0.800. The number of hydrogen-bond acceptors (Lipinski definition) is 5. The van der Waals surface area contributed by atoms with Crippen LogP contribution < -0.4 is 5.32 Å². The first-order chi connectivity index (χ1) is 10.5. The number of rotatable bonds is 14. The first kappa shape index (κ1) is 21.3.